The van der Waals surface area contributed by atoms with Gasteiger partial charge in [-0.25, -0.2) is 0 Å². The van der Waals surface area contributed by atoms with Gasteiger partial charge in [0.2, 0.25) is 0 Å². The van der Waals surface area contributed by atoms with Gasteiger partial charge in [-0.2, -0.15) is 0 Å². The molecule has 3 aromatic rings. The van der Waals surface area contributed by atoms with Gasteiger partial charge in [0.15, 0.2) is 0 Å². The van der Waals surface area contributed by atoms with Crippen LogP contribution in [0, 0.1) is 11.8 Å². The standard InChI is InChI=1S/C28H32O2Si/c1-28(2,3)31(26-17-9-5-10-18-26,27-19-11-6-12-20-27)30-23-13-16-25(29)22-21-24-14-7-4-8-15-24/h4-12,14-15,17-20,25,29H,13,16,23H2,1-3H3. The van der Waals surface area contributed by atoms with Gasteiger partial charge < -0.3 is 9.53 Å². The van der Waals surface area contributed by atoms with Crippen LogP contribution in [-0.2, 0) is 4.43 Å². The number of rotatable bonds is 7. The topological polar surface area (TPSA) is 29.5 Å². The van der Waals surface area contributed by atoms with Crippen LogP contribution in [0.1, 0.15) is 39.2 Å². The Balaban J connectivity index is 1.75. The highest BCUT2D eigenvalue weighted by Gasteiger charge is 2.49. The van der Waals surface area contributed by atoms with Crippen molar-refractivity contribution in [1.29, 1.82) is 0 Å². The second-order valence-corrected chi connectivity index (χ2v) is 13.1. The molecule has 3 heteroatoms. The molecular weight excluding hydrogens is 396 g/mol. The molecule has 0 heterocycles. The summed E-state index contributed by atoms with van der Waals surface area (Å²) >= 11 is 0. The minimum atomic E-state index is -2.51. The Bertz CT molecular complexity index is 944. The normalized spacial score (nSPS) is 12.6. The van der Waals surface area contributed by atoms with E-state index in [1.165, 1.54) is 10.4 Å². The number of aliphatic hydroxyl groups is 1. The zero-order valence-electron chi connectivity index (χ0n) is 18.7. The van der Waals surface area contributed by atoms with Crippen molar-refractivity contribution >= 4 is 18.7 Å². The van der Waals surface area contributed by atoms with Crippen LogP contribution in [0.3, 0.4) is 0 Å². The molecule has 0 saturated carbocycles. The fraction of sp³-hybridized carbons (Fsp3) is 0.286. The van der Waals surface area contributed by atoms with Gasteiger partial charge in [0.1, 0.15) is 6.10 Å². The van der Waals surface area contributed by atoms with E-state index in [-0.39, 0.29) is 5.04 Å². The van der Waals surface area contributed by atoms with Gasteiger partial charge in [0, 0.05) is 12.2 Å². The molecular formula is C28H32O2Si. The first-order valence-corrected chi connectivity index (χ1v) is 12.8. The second kappa shape index (κ2) is 10.6. The average molecular weight is 429 g/mol. The minimum Gasteiger partial charge on any atom is -0.407 e. The number of aliphatic hydroxyl groups excluding tert-OH is 1. The van der Waals surface area contributed by atoms with E-state index in [0.29, 0.717) is 13.0 Å². The van der Waals surface area contributed by atoms with Gasteiger partial charge >= 0.3 is 0 Å². The monoisotopic (exact) mass is 428 g/mol. The lowest BCUT2D eigenvalue weighted by Gasteiger charge is -2.43. The lowest BCUT2D eigenvalue weighted by molar-refractivity contribution is 0.200. The van der Waals surface area contributed by atoms with E-state index in [1.54, 1.807) is 0 Å². The third-order valence-electron chi connectivity index (χ3n) is 5.51. The van der Waals surface area contributed by atoms with Crippen LogP contribution in [0.4, 0.5) is 0 Å². The molecule has 160 valence electrons. The SMILES string of the molecule is CC(C)(C)[Si](OCCCC(O)C#Cc1ccccc1)(c1ccccc1)c1ccccc1. The Kier molecular flexibility index (Phi) is 7.87. The van der Waals surface area contributed by atoms with Crippen LogP contribution in [-0.4, -0.2) is 26.1 Å². The molecule has 1 atom stereocenters. The van der Waals surface area contributed by atoms with Crippen LogP contribution in [0.15, 0.2) is 91.0 Å². The Morgan fingerprint density at radius 1 is 0.806 bits per heavy atom. The Labute approximate surface area is 188 Å². The zero-order valence-corrected chi connectivity index (χ0v) is 19.7. The zero-order chi connectivity index (χ0) is 22.2. The molecule has 0 fully saturated rings. The van der Waals surface area contributed by atoms with E-state index in [2.05, 4.69) is 93.3 Å². The first kappa shape index (κ1) is 23.0. The minimum absolute atomic E-state index is 0.0402. The maximum absolute atomic E-state index is 10.3. The van der Waals surface area contributed by atoms with Crippen LogP contribution in [0.2, 0.25) is 5.04 Å². The molecule has 2 nitrogen and oxygen atoms in total. The lowest BCUT2D eigenvalue weighted by Crippen LogP contribution is -2.66. The highest BCUT2D eigenvalue weighted by molar-refractivity contribution is 6.99. The molecule has 0 saturated heterocycles. The van der Waals surface area contributed by atoms with Crippen molar-refractivity contribution in [2.24, 2.45) is 0 Å². The summed E-state index contributed by atoms with van der Waals surface area (Å²) in [4.78, 5) is 0. The number of benzene rings is 3. The van der Waals surface area contributed by atoms with Crippen molar-refractivity contribution in [2.75, 3.05) is 6.61 Å². The fourth-order valence-corrected chi connectivity index (χ4v) is 8.63. The highest BCUT2D eigenvalue weighted by Crippen LogP contribution is 2.36. The van der Waals surface area contributed by atoms with Crippen LogP contribution >= 0.6 is 0 Å². The van der Waals surface area contributed by atoms with E-state index >= 15 is 0 Å². The molecule has 3 aromatic carbocycles. The summed E-state index contributed by atoms with van der Waals surface area (Å²) in [5, 5.41) is 12.8. The van der Waals surface area contributed by atoms with Gasteiger partial charge in [-0.15, -0.1) is 0 Å². The summed E-state index contributed by atoms with van der Waals surface area (Å²) in [7, 11) is -2.51. The maximum atomic E-state index is 10.3. The van der Waals surface area contributed by atoms with Crippen LogP contribution in [0.5, 0.6) is 0 Å². The van der Waals surface area contributed by atoms with Crippen LogP contribution in [0.25, 0.3) is 0 Å². The molecule has 0 amide bonds. The predicted octanol–water partition coefficient (Wildman–Crippen LogP) is 4.76. The third-order valence-corrected chi connectivity index (χ3v) is 10.6. The quantitative estimate of drug-likeness (QED) is 0.334. The molecule has 1 unspecified atom stereocenters. The van der Waals surface area contributed by atoms with Crippen LogP contribution < -0.4 is 10.4 Å². The van der Waals surface area contributed by atoms with Gasteiger partial charge in [-0.3, -0.25) is 0 Å². The molecule has 31 heavy (non-hydrogen) atoms. The molecule has 0 aromatic heterocycles. The van der Waals surface area contributed by atoms with E-state index in [9.17, 15) is 5.11 Å². The average Bonchev–Trinajstić information content (AvgIpc) is 2.79. The van der Waals surface area contributed by atoms with Gasteiger partial charge in [-0.05, 0) is 40.4 Å². The molecule has 3 rings (SSSR count). The molecule has 0 radical (unpaired) electrons. The van der Waals surface area contributed by atoms with Crippen molar-refractivity contribution in [3.05, 3.63) is 96.6 Å². The molecule has 0 aliphatic carbocycles. The Hall–Kier alpha value is -2.64. The van der Waals surface area contributed by atoms with Crippen molar-refractivity contribution in [3.8, 4) is 11.8 Å². The first-order chi connectivity index (χ1) is 14.9. The maximum Gasteiger partial charge on any atom is 0.261 e. The molecule has 0 aliphatic heterocycles. The van der Waals surface area contributed by atoms with Crippen molar-refractivity contribution in [2.45, 2.75) is 44.8 Å². The summed E-state index contributed by atoms with van der Waals surface area (Å²) < 4.78 is 6.86. The largest absolute Gasteiger partial charge is 0.407 e. The first-order valence-electron chi connectivity index (χ1n) is 10.9. The van der Waals surface area contributed by atoms with Crippen molar-refractivity contribution in [3.63, 3.8) is 0 Å². The van der Waals surface area contributed by atoms with Crippen molar-refractivity contribution < 1.29 is 9.53 Å². The fourth-order valence-electron chi connectivity index (χ4n) is 4.02. The number of hydrogen-bond acceptors (Lipinski definition) is 2. The van der Waals surface area contributed by atoms with Gasteiger partial charge in [-0.1, -0.05) is 111 Å². The summed E-state index contributed by atoms with van der Waals surface area (Å²) in [5.74, 6) is 6.00. The van der Waals surface area contributed by atoms with E-state index in [0.717, 1.165) is 12.0 Å². The van der Waals surface area contributed by atoms with E-state index in [1.807, 2.05) is 30.3 Å². The van der Waals surface area contributed by atoms with Crippen molar-refractivity contribution in [1.82, 2.24) is 0 Å². The molecule has 0 spiro atoms. The van der Waals surface area contributed by atoms with E-state index in [4.69, 9.17) is 4.43 Å². The van der Waals surface area contributed by atoms with Gasteiger partial charge in [0.25, 0.3) is 8.32 Å². The predicted molar refractivity (Wildman–Crippen MR) is 132 cm³/mol. The Morgan fingerprint density at radius 3 is 1.77 bits per heavy atom. The molecule has 0 aliphatic rings. The third kappa shape index (κ3) is 5.74. The smallest absolute Gasteiger partial charge is 0.261 e. The summed E-state index contributed by atoms with van der Waals surface area (Å²) in [6.07, 6.45) is 0.704. The molecule has 0 bridgehead atoms. The summed E-state index contributed by atoms with van der Waals surface area (Å²) in [5.41, 5.74) is 0.921. The summed E-state index contributed by atoms with van der Waals surface area (Å²) in [6.45, 7) is 7.43. The Morgan fingerprint density at radius 2 is 1.29 bits per heavy atom. The second-order valence-electron chi connectivity index (χ2n) is 8.81. The lowest BCUT2D eigenvalue weighted by atomic mass is 10.2. The highest BCUT2D eigenvalue weighted by atomic mass is 28.4. The van der Waals surface area contributed by atoms with E-state index < -0.39 is 14.4 Å². The number of hydrogen-bond donors (Lipinski definition) is 1. The summed E-state index contributed by atoms with van der Waals surface area (Å²) in [6, 6.07) is 31.1. The molecule has 1 N–H and O–H groups in total. The van der Waals surface area contributed by atoms with Gasteiger partial charge in [0.05, 0.1) is 0 Å².